The number of hydrogen-bond acceptors (Lipinski definition) is 1. The Labute approximate surface area is 100 Å². The molecule has 0 aromatic heterocycles. The Hall–Kier alpha value is -0.0500. The number of hydrogen-bond donors (Lipinski definition) is 1. The lowest BCUT2D eigenvalue weighted by Gasteiger charge is -2.15. The second-order valence-corrected chi connectivity index (χ2v) is 6.87. The smallest absolute Gasteiger partial charge is 0.223 e. The van der Waals surface area contributed by atoms with Gasteiger partial charge in [-0.1, -0.05) is 36.2 Å². The summed E-state index contributed by atoms with van der Waals surface area (Å²) in [5.41, 5.74) is 0.258. The molecule has 3 unspecified atom stereocenters. The molecule has 3 atom stereocenters. The summed E-state index contributed by atoms with van der Waals surface area (Å²) in [6, 6.07) is 0. The lowest BCUT2D eigenvalue weighted by atomic mass is 10.1. The van der Waals surface area contributed by atoms with Crippen LogP contribution in [-0.2, 0) is 4.79 Å². The summed E-state index contributed by atoms with van der Waals surface area (Å²) in [7, 11) is 0. The predicted molar refractivity (Wildman–Crippen MR) is 65.0 cm³/mol. The van der Waals surface area contributed by atoms with E-state index in [4.69, 9.17) is 0 Å². The van der Waals surface area contributed by atoms with Gasteiger partial charge < -0.3 is 5.32 Å². The van der Waals surface area contributed by atoms with Gasteiger partial charge in [0.15, 0.2) is 0 Å². The van der Waals surface area contributed by atoms with Crippen molar-refractivity contribution in [2.24, 2.45) is 17.3 Å². The highest BCUT2D eigenvalue weighted by molar-refractivity contribution is 9.09. The van der Waals surface area contributed by atoms with E-state index in [9.17, 15) is 4.79 Å². The lowest BCUT2D eigenvalue weighted by Crippen LogP contribution is -2.32. The number of alkyl halides is 1. The van der Waals surface area contributed by atoms with E-state index in [0.717, 1.165) is 13.0 Å². The van der Waals surface area contributed by atoms with Gasteiger partial charge in [0.2, 0.25) is 5.91 Å². The van der Waals surface area contributed by atoms with Crippen molar-refractivity contribution in [3.63, 3.8) is 0 Å². The minimum absolute atomic E-state index is 0.258. The van der Waals surface area contributed by atoms with Gasteiger partial charge in [0, 0.05) is 17.3 Å². The Morgan fingerprint density at radius 1 is 1.47 bits per heavy atom. The highest BCUT2D eigenvalue weighted by atomic mass is 79.9. The van der Waals surface area contributed by atoms with Crippen molar-refractivity contribution < 1.29 is 4.79 Å². The van der Waals surface area contributed by atoms with Gasteiger partial charge in [-0.25, -0.2) is 0 Å². The molecule has 2 fully saturated rings. The number of nitrogens with one attached hydrogen (secondary N) is 1. The standard InChI is InChI=1S/C12H20BrNO/c1-12(2)6-9(12)11(15)14-7-8-4-3-5-10(8)13/h8-10H,3-7H2,1-2H3,(H,14,15). The average molecular weight is 274 g/mol. The van der Waals surface area contributed by atoms with E-state index in [1.165, 1.54) is 19.3 Å². The molecule has 0 aromatic rings. The Morgan fingerprint density at radius 2 is 2.13 bits per heavy atom. The monoisotopic (exact) mass is 273 g/mol. The minimum atomic E-state index is 0.258. The Kier molecular flexibility index (Phi) is 3.11. The summed E-state index contributed by atoms with van der Waals surface area (Å²) in [6.45, 7) is 5.20. The van der Waals surface area contributed by atoms with E-state index >= 15 is 0 Å². The van der Waals surface area contributed by atoms with Crippen LogP contribution in [0, 0.1) is 17.3 Å². The van der Waals surface area contributed by atoms with E-state index in [0.29, 0.717) is 10.7 Å². The molecule has 2 aliphatic rings. The van der Waals surface area contributed by atoms with Crippen LogP contribution < -0.4 is 5.32 Å². The SMILES string of the molecule is CC1(C)CC1C(=O)NCC1CCCC1Br. The highest BCUT2D eigenvalue weighted by Gasteiger charge is 2.50. The summed E-state index contributed by atoms with van der Waals surface area (Å²) in [5, 5.41) is 3.10. The molecular formula is C12H20BrNO. The average Bonchev–Trinajstić information content (AvgIpc) is 2.61. The maximum atomic E-state index is 11.8. The molecule has 0 heterocycles. The van der Waals surface area contributed by atoms with Gasteiger partial charge in [0.25, 0.3) is 0 Å². The zero-order valence-electron chi connectivity index (χ0n) is 9.55. The molecule has 0 aliphatic heterocycles. The summed E-state index contributed by atoms with van der Waals surface area (Å²) in [4.78, 5) is 12.4. The Balaban J connectivity index is 1.72. The molecule has 0 aromatic carbocycles. The van der Waals surface area contributed by atoms with E-state index in [2.05, 4.69) is 35.1 Å². The molecule has 86 valence electrons. The molecule has 2 aliphatic carbocycles. The fourth-order valence-electron chi connectivity index (χ4n) is 2.49. The van der Waals surface area contributed by atoms with Gasteiger partial charge in [-0.15, -0.1) is 0 Å². The quantitative estimate of drug-likeness (QED) is 0.788. The molecule has 2 saturated carbocycles. The van der Waals surface area contributed by atoms with Gasteiger partial charge in [-0.2, -0.15) is 0 Å². The van der Waals surface area contributed by atoms with E-state index < -0.39 is 0 Å². The second-order valence-electron chi connectivity index (χ2n) is 5.70. The second kappa shape index (κ2) is 4.08. The first kappa shape index (κ1) is 11.4. The molecule has 0 spiro atoms. The molecule has 1 amide bonds. The maximum absolute atomic E-state index is 11.8. The van der Waals surface area contributed by atoms with E-state index in [-0.39, 0.29) is 17.2 Å². The van der Waals surface area contributed by atoms with Gasteiger partial charge in [-0.05, 0) is 30.6 Å². The number of rotatable bonds is 3. The van der Waals surface area contributed by atoms with Crippen molar-refractivity contribution in [3.05, 3.63) is 0 Å². The molecule has 3 heteroatoms. The largest absolute Gasteiger partial charge is 0.356 e. The zero-order chi connectivity index (χ0) is 11.1. The molecule has 2 rings (SSSR count). The summed E-state index contributed by atoms with van der Waals surface area (Å²) in [6.07, 6.45) is 4.87. The van der Waals surface area contributed by atoms with Crippen molar-refractivity contribution in [3.8, 4) is 0 Å². The summed E-state index contributed by atoms with van der Waals surface area (Å²) in [5.74, 6) is 1.19. The summed E-state index contributed by atoms with van der Waals surface area (Å²) >= 11 is 3.68. The molecular weight excluding hydrogens is 254 g/mol. The fraction of sp³-hybridized carbons (Fsp3) is 0.917. The van der Waals surface area contributed by atoms with Gasteiger partial charge >= 0.3 is 0 Å². The fourth-order valence-corrected chi connectivity index (χ4v) is 3.27. The molecule has 15 heavy (non-hydrogen) atoms. The third-order valence-corrected chi connectivity index (χ3v) is 5.14. The normalized spacial score (nSPS) is 37.7. The van der Waals surface area contributed by atoms with Crippen LogP contribution in [0.5, 0.6) is 0 Å². The van der Waals surface area contributed by atoms with Crippen LogP contribution in [0.1, 0.15) is 39.5 Å². The van der Waals surface area contributed by atoms with Crippen molar-refractivity contribution >= 4 is 21.8 Å². The molecule has 0 bridgehead atoms. The van der Waals surface area contributed by atoms with Crippen LogP contribution in [0.4, 0.5) is 0 Å². The maximum Gasteiger partial charge on any atom is 0.223 e. The first-order valence-electron chi connectivity index (χ1n) is 5.92. The van der Waals surface area contributed by atoms with Crippen molar-refractivity contribution in [1.82, 2.24) is 5.32 Å². The Morgan fingerprint density at radius 3 is 2.60 bits per heavy atom. The summed E-state index contributed by atoms with van der Waals surface area (Å²) < 4.78 is 0. The zero-order valence-corrected chi connectivity index (χ0v) is 11.1. The van der Waals surface area contributed by atoms with Crippen LogP contribution in [-0.4, -0.2) is 17.3 Å². The van der Waals surface area contributed by atoms with Crippen LogP contribution >= 0.6 is 15.9 Å². The Bertz CT molecular complexity index is 264. The third kappa shape index (κ3) is 2.55. The number of amides is 1. The molecule has 0 radical (unpaired) electrons. The minimum Gasteiger partial charge on any atom is -0.356 e. The van der Waals surface area contributed by atoms with Crippen LogP contribution in [0.15, 0.2) is 0 Å². The van der Waals surface area contributed by atoms with Gasteiger partial charge in [0.1, 0.15) is 0 Å². The van der Waals surface area contributed by atoms with Crippen LogP contribution in [0.25, 0.3) is 0 Å². The van der Waals surface area contributed by atoms with Crippen molar-refractivity contribution in [1.29, 1.82) is 0 Å². The van der Waals surface area contributed by atoms with Crippen LogP contribution in [0.2, 0.25) is 0 Å². The number of carbonyl (C=O) groups excluding carboxylic acids is 1. The molecule has 0 saturated heterocycles. The number of halogens is 1. The molecule has 1 N–H and O–H groups in total. The number of carbonyl (C=O) groups is 1. The van der Waals surface area contributed by atoms with Crippen molar-refractivity contribution in [2.75, 3.05) is 6.54 Å². The van der Waals surface area contributed by atoms with Gasteiger partial charge in [0.05, 0.1) is 0 Å². The van der Waals surface area contributed by atoms with Gasteiger partial charge in [-0.3, -0.25) is 4.79 Å². The van der Waals surface area contributed by atoms with E-state index in [1.807, 2.05) is 0 Å². The van der Waals surface area contributed by atoms with Crippen LogP contribution in [0.3, 0.4) is 0 Å². The van der Waals surface area contributed by atoms with E-state index in [1.54, 1.807) is 0 Å². The lowest BCUT2D eigenvalue weighted by molar-refractivity contribution is -0.123. The topological polar surface area (TPSA) is 29.1 Å². The molecule has 2 nitrogen and oxygen atoms in total. The predicted octanol–water partition coefficient (Wildman–Crippen LogP) is 2.71. The van der Waals surface area contributed by atoms with Crippen molar-refractivity contribution in [2.45, 2.75) is 44.4 Å². The first-order chi connectivity index (χ1) is 7.00. The highest BCUT2D eigenvalue weighted by Crippen LogP contribution is 2.51. The first-order valence-corrected chi connectivity index (χ1v) is 6.84. The third-order valence-electron chi connectivity index (χ3n) is 3.93.